The number of ether oxygens (including phenoxy) is 1. The second-order valence-electron chi connectivity index (χ2n) is 16.2. The number of rotatable bonds is 2. The Morgan fingerprint density at radius 1 is 0.618 bits per heavy atom. The molecule has 5 aliphatic rings. The monoisotopic (exact) mass is 472 g/mol. The van der Waals surface area contributed by atoms with Crippen molar-refractivity contribution in [2.45, 2.75) is 151 Å². The number of aliphatic hydroxyl groups excluding tert-OH is 1. The summed E-state index contributed by atoms with van der Waals surface area (Å²) in [6, 6.07) is 0. The van der Waals surface area contributed by atoms with Gasteiger partial charge >= 0.3 is 0 Å². The fourth-order valence-electron chi connectivity index (χ4n) is 11.6. The van der Waals surface area contributed by atoms with E-state index in [9.17, 15) is 5.11 Å². The first-order valence-electron chi connectivity index (χ1n) is 14.9. The van der Waals surface area contributed by atoms with Crippen LogP contribution in [0.2, 0.25) is 0 Å². The van der Waals surface area contributed by atoms with Crippen molar-refractivity contribution in [1.82, 2.24) is 0 Å². The minimum atomic E-state index is -0.133. The Kier molecular flexibility index (Phi) is 5.47. The molecule has 4 aliphatic carbocycles. The van der Waals surface area contributed by atoms with E-state index in [1.165, 1.54) is 57.8 Å². The highest BCUT2D eigenvalue weighted by Gasteiger charge is 2.73. The number of hydrogen-bond donors (Lipinski definition) is 1. The normalized spacial score (nSPS) is 58.9. The van der Waals surface area contributed by atoms with E-state index in [0.717, 1.165) is 18.3 Å². The number of aliphatic hydroxyl groups is 1. The van der Waals surface area contributed by atoms with Gasteiger partial charge in [0.1, 0.15) is 0 Å². The van der Waals surface area contributed by atoms with Gasteiger partial charge in [-0.25, -0.2) is 0 Å². The molecule has 5 rings (SSSR count). The Balaban J connectivity index is 1.49. The second-order valence-corrected chi connectivity index (χ2v) is 16.2. The molecule has 0 aromatic rings. The molecule has 1 heterocycles. The summed E-state index contributed by atoms with van der Waals surface area (Å²) in [5, 5.41) is 10.9. The van der Waals surface area contributed by atoms with Gasteiger partial charge in [0.15, 0.2) is 0 Å². The van der Waals surface area contributed by atoms with E-state index < -0.39 is 0 Å². The maximum absolute atomic E-state index is 10.9. The number of fused-ring (bicyclic) bond motifs is 5. The fraction of sp³-hybridized carbons (Fsp3) is 1.00. The quantitative estimate of drug-likeness (QED) is 0.437. The summed E-state index contributed by atoms with van der Waals surface area (Å²) in [6.07, 6.45) is 12.6. The van der Waals surface area contributed by atoms with E-state index >= 15 is 0 Å². The fourth-order valence-corrected chi connectivity index (χ4v) is 11.6. The van der Waals surface area contributed by atoms with Crippen LogP contribution in [0.5, 0.6) is 0 Å². The topological polar surface area (TPSA) is 29.5 Å². The Hall–Kier alpha value is -0.0800. The van der Waals surface area contributed by atoms with Gasteiger partial charge in [-0.05, 0) is 129 Å². The lowest BCUT2D eigenvalue weighted by atomic mass is 9.35. The van der Waals surface area contributed by atoms with Gasteiger partial charge in [0, 0.05) is 0 Å². The largest absolute Gasteiger partial charge is 0.393 e. The summed E-state index contributed by atoms with van der Waals surface area (Å²) >= 11 is 0. The first-order chi connectivity index (χ1) is 15.5. The number of hydrogen-bond acceptors (Lipinski definition) is 2. The van der Waals surface area contributed by atoms with Crippen LogP contribution in [0.15, 0.2) is 0 Å². The van der Waals surface area contributed by atoms with Crippen molar-refractivity contribution in [2.24, 2.45) is 50.7 Å². The third kappa shape index (κ3) is 2.88. The first kappa shape index (κ1) is 25.6. The van der Waals surface area contributed by atoms with Gasteiger partial charge in [-0.3, -0.25) is 0 Å². The van der Waals surface area contributed by atoms with E-state index in [0.29, 0.717) is 28.1 Å². The van der Waals surface area contributed by atoms with Crippen LogP contribution in [0.1, 0.15) is 133 Å². The molecular formula is C32H56O2. The average molecular weight is 473 g/mol. The standard InChI is InChI=1S/C32H56O2/c1-21(2)31(9)19-20-32(10,34-31)30(8)18-17-29(7)24(30)12-11-23-27(5)15-14-25(33)26(3,4)22(27)13-16-28(23,29)6/h21-25,33H,11-20H2,1-10H3. The minimum Gasteiger partial charge on any atom is -0.393 e. The maximum atomic E-state index is 10.9. The molecule has 5 fully saturated rings. The molecule has 2 nitrogen and oxygen atoms in total. The molecule has 1 aliphatic heterocycles. The lowest BCUT2D eigenvalue weighted by Gasteiger charge is -2.70. The maximum Gasteiger partial charge on any atom is 0.0719 e. The van der Waals surface area contributed by atoms with Gasteiger partial charge in [0.05, 0.1) is 17.3 Å². The predicted molar refractivity (Wildman–Crippen MR) is 142 cm³/mol. The van der Waals surface area contributed by atoms with Crippen LogP contribution in [0, 0.1) is 50.7 Å². The zero-order valence-corrected chi connectivity index (χ0v) is 24.3. The third-order valence-corrected chi connectivity index (χ3v) is 14.8. The highest BCUT2D eigenvalue weighted by Crippen LogP contribution is 2.78. The van der Waals surface area contributed by atoms with Gasteiger partial charge in [0.25, 0.3) is 0 Å². The molecule has 0 spiro atoms. The molecule has 0 aromatic carbocycles. The van der Waals surface area contributed by atoms with Crippen LogP contribution >= 0.6 is 0 Å². The van der Waals surface area contributed by atoms with Crippen LogP contribution < -0.4 is 0 Å². The van der Waals surface area contributed by atoms with Crippen molar-refractivity contribution in [1.29, 1.82) is 0 Å². The Bertz CT molecular complexity index is 833. The molecule has 0 bridgehead atoms. The van der Waals surface area contributed by atoms with Crippen molar-refractivity contribution in [3.05, 3.63) is 0 Å². The molecule has 4 saturated carbocycles. The molecule has 0 radical (unpaired) electrons. The van der Waals surface area contributed by atoms with Gasteiger partial charge in [-0.15, -0.1) is 0 Å². The molecule has 0 amide bonds. The van der Waals surface area contributed by atoms with Crippen LogP contribution in [0.4, 0.5) is 0 Å². The molecule has 1 N–H and O–H groups in total. The van der Waals surface area contributed by atoms with Gasteiger partial charge in [-0.2, -0.15) is 0 Å². The average Bonchev–Trinajstić information content (AvgIpc) is 3.23. The summed E-state index contributed by atoms with van der Waals surface area (Å²) in [4.78, 5) is 0. The minimum absolute atomic E-state index is 0.00428. The second kappa shape index (κ2) is 7.27. The Morgan fingerprint density at radius 2 is 1.21 bits per heavy atom. The van der Waals surface area contributed by atoms with E-state index in [-0.39, 0.29) is 28.1 Å². The zero-order valence-electron chi connectivity index (χ0n) is 24.3. The molecule has 10 unspecified atom stereocenters. The molecular weight excluding hydrogens is 416 g/mol. The van der Waals surface area contributed by atoms with Crippen LogP contribution in [0.25, 0.3) is 0 Å². The lowest BCUT2D eigenvalue weighted by molar-refractivity contribution is -0.238. The summed E-state index contributed by atoms with van der Waals surface area (Å²) in [5.41, 5.74) is 1.49. The smallest absolute Gasteiger partial charge is 0.0719 e. The summed E-state index contributed by atoms with van der Waals surface area (Å²) in [6.45, 7) is 25.0. The van der Waals surface area contributed by atoms with Crippen LogP contribution in [-0.4, -0.2) is 22.4 Å². The van der Waals surface area contributed by atoms with E-state index in [1.807, 2.05) is 0 Å². The van der Waals surface area contributed by atoms with Gasteiger partial charge < -0.3 is 9.84 Å². The summed E-state index contributed by atoms with van der Waals surface area (Å²) in [7, 11) is 0. The summed E-state index contributed by atoms with van der Waals surface area (Å²) < 4.78 is 7.16. The Labute approximate surface area is 211 Å². The summed E-state index contributed by atoms with van der Waals surface area (Å²) in [5.74, 6) is 2.76. The first-order valence-corrected chi connectivity index (χ1v) is 14.9. The highest BCUT2D eigenvalue weighted by molar-refractivity contribution is 5.21. The van der Waals surface area contributed by atoms with E-state index in [4.69, 9.17) is 4.74 Å². The van der Waals surface area contributed by atoms with E-state index in [1.54, 1.807) is 0 Å². The molecule has 34 heavy (non-hydrogen) atoms. The molecule has 196 valence electrons. The van der Waals surface area contributed by atoms with Crippen molar-refractivity contribution in [2.75, 3.05) is 0 Å². The van der Waals surface area contributed by atoms with Gasteiger partial charge in [0.2, 0.25) is 0 Å². The predicted octanol–water partition coefficient (Wildman–Crippen LogP) is 8.41. The third-order valence-electron chi connectivity index (χ3n) is 14.8. The van der Waals surface area contributed by atoms with Crippen LogP contribution in [-0.2, 0) is 4.74 Å². The lowest BCUT2D eigenvalue weighted by Crippen LogP contribution is -2.65. The zero-order chi connectivity index (χ0) is 25.2. The SMILES string of the molecule is CC(C)C1(C)CCC(C)(C2(C)CCC3(C)C2CCC2C4(C)CCC(O)C(C)(C)C4CCC23C)O1. The van der Waals surface area contributed by atoms with Crippen LogP contribution in [0.3, 0.4) is 0 Å². The van der Waals surface area contributed by atoms with Crippen molar-refractivity contribution < 1.29 is 9.84 Å². The molecule has 0 aromatic heterocycles. The highest BCUT2D eigenvalue weighted by atomic mass is 16.5. The molecule has 10 atom stereocenters. The van der Waals surface area contributed by atoms with Crippen molar-refractivity contribution in [3.63, 3.8) is 0 Å². The van der Waals surface area contributed by atoms with Crippen molar-refractivity contribution >= 4 is 0 Å². The van der Waals surface area contributed by atoms with E-state index in [2.05, 4.69) is 69.2 Å². The van der Waals surface area contributed by atoms with Gasteiger partial charge in [-0.1, -0.05) is 55.4 Å². The molecule has 2 heteroatoms. The molecule has 1 saturated heterocycles. The Morgan fingerprint density at radius 3 is 1.82 bits per heavy atom. The van der Waals surface area contributed by atoms with Crippen molar-refractivity contribution in [3.8, 4) is 0 Å².